The van der Waals surface area contributed by atoms with Gasteiger partial charge in [0.25, 0.3) is 0 Å². The number of hydrogen-bond acceptors (Lipinski definition) is 2. The molecule has 3 heteroatoms. The Balaban J connectivity index is 2.21. The van der Waals surface area contributed by atoms with Crippen molar-refractivity contribution in [1.82, 2.24) is 4.98 Å². The molecule has 1 aliphatic rings. The van der Waals surface area contributed by atoms with E-state index in [2.05, 4.69) is 25.8 Å². The van der Waals surface area contributed by atoms with Crippen LogP contribution < -0.4 is 5.43 Å². The normalized spacial score (nSPS) is 18.9. The molecule has 1 aromatic carbocycles. The number of rotatable bonds is 7. The van der Waals surface area contributed by atoms with Crippen LogP contribution in [-0.4, -0.2) is 4.98 Å². The molecule has 0 aliphatic carbocycles. The molecule has 1 N–H and O–H groups in total. The Labute approximate surface area is 144 Å². The van der Waals surface area contributed by atoms with Crippen LogP contribution in [-0.2, 0) is 10.3 Å². The fraction of sp³-hybridized carbons (Fsp3) is 0.571. The van der Waals surface area contributed by atoms with Gasteiger partial charge in [-0.15, -0.1) is 0 Å². The van der Waals surface area contributed by atoms with E-state index in [1.54, 1.807) is 0 Å². The molecular formula is C21H29NO2. The van der Waals surface area contributed by atoms with Gasteiger partial charge < -0.3 is 9.72 Å². The number of unbranched alkanes of at least 4 members (excludes halogenated alkanes) is 1. The molecule has 24 heavy (non-hydrogen) atoms. The number of aromatic nitrogens is 1. The second-order valence-electron chi connectivity index (χ2n) is 7.03. The fourth-order valence-electron chi connectivity index (χ4n) is 4.20. The summed E-state index contributed by atoms with van der Waals surface area (Å²) in [5.41, 5.74) is 2.72. The van der Waals surface area contributed by atoms with E-state index in [0.717, 1.165) is 67.1 Å². The van der Waals surface area contributed by atoms with Gasteiger partial charge in [0.05, 0.1) is 17.4 Å². The lowest BCUT2D eigenvalue weighted by atomic mass is 9.87. The fourth-order valence-corrected chi connectivity index (χ4v) is 4.20. The predicted octanol–water partition coefficient (Wildman–Crippen LogP) is 5.59. The van der Waals surface area contributed by atoms with Crippen molar-refractivity contribution in [1.29, 1.82) is 0 Å². The van der Waals surface area contributed by atoms with E-state index in [9.17, 15) is 4.79 Å². The van der Waals surface area contributed by atoms with Crippen LogP contribution in [0.25, 0.3) is 10.9 Å². The van der Waals surface area contributed by atoms with Gasteiger partial charge in [-0.1, -0.05) is 58.6 Å². The van der Waals surface area contributed by atoms with E-state index in [1.807, 2.05) is 24.3 Å². The van der Waals surface area contributed by atoms with Gasteiger partial charge in [0.15, 0.2) is 5.43 Å². The minimum absolute atomic E-state index is 0.0635. The summed E-state index contributed by atoms with van der Waals surface area (Å²) in [6.07, 6.45) is 7.10. The number of nitrogens with one attached hydrogen (secondary N) is 1. The SMILES string of the molecule is CCCCC1OC(CCC)(CCC)c2[nH]c3ccccc3c(=O)c21. The molecule has 1 aliphatic heterocycles. The summed E-state index contributed by atoms with van der Waals surface area (Å²) in [5, 5.41) is 0.783. The molecule has 130 valence electrons. The van der Waals surface area contributed by atoms with Gasteiger partial charge in [0.2, 0.25) is 0 Å². The van der Waals surface area contributed by atoms with Crippen LogP contribution in [0.4, 0.5) is 0 Å². The van der Waals surface area contributed by atoms with Crippen molar-refractivity contribution in [3.63, 3.8) is 0 Å². The average Bonchev–Trinajstić information content (AvgIpc) is 2.88. The Hall–Kier alpha value is -1.61. The first kappa shape index (κ1) is 17.2. The summed E-state index contributed by atoms with van der Waals surface area (Å²) in [5.74, 6) is 0. The van der Waals surface area contributed by atoms with Crippen LogP contribution in [0.3, 0.4) is 0 Å². The number of hydrogen-bond donors (Lipinski definition) is 1. The third-order valence-corrected chi connectivity index (χ3v) is 5.22. The zero-order valence-corrected chi connectivity index (χ0v) is 15.2. The van der Waals surface area contributed by atoms with Gasteiger partial charge >= 0.3 is 0 Å². The zero-order chi connectivity index (χ0) is 17.2. The number of ether oxygens (including phenoxy) is 1. The standard InChI is InChI=1S/C21H29NO2/c1-4-7-12-17-18-19(23)15-10-8-9-11-16(15)22-20(18)21(24-17,13-5-2)14-6-3/h8-11,17H,4-7,12-14H2,1-3H3,(H,22,23). The first-order valence-electron chi connectivity index (χ1n) is 9.50. The van der Waals surface area contributed by atoms with Crippen LogP contribution in [0.15, 0.2) is 29.1 Å². The molecule has 0 spiro atoms. The highest BCUT2D eigenvalue weighted by atomic mass is 16.5. The molecule has 0 radical (unpaired) electrons. The Morgan fingerprint density at radius 1 is 1.08 bits per heavy atom. The van der Waals surface area contributed by atoms with Gasteiger partial charge in [-0.05, 0) is 31.4 Å². The van der Waals surface area contributed by atoms with Crippen molar-refractivity contribution < 1.29 is 4.74 Å². The molecule has 2 aromatic rings. The van der Waals surface area contributed by atoms with Gasteiger partial charge in [-0.25, -0.2) is 0 Å². The number of fused-ring (bicyclic) bond motifs is 2. The minimum Gasteiger partial charge on any atom is -0.361 e. The maximum Gasteiger partial charge on any atom is 0.195 e. The van der Waals surface area contributed by atoms with Gasteiger partial charge in [-0.3, -0.25) is 4.79 Å². The lowest BCUT2D eigenvalue weighted by Gasteiger charge is -2.30. The molecule has 0 saturated carbocycles. The molecule has 0 bridgehead atoms. The molecule has 0 fully saturated rings. The lowest BCUT2D eigenvalue weighted by Crippen LogP contribution is -2.27. The highest BCUT2D eigenvalue weighted by Crippen LogP contribution is 2.48. The summed E-state index contributed by atoms with van der Waals surface area (Å²) < 4.78 is 6.62. The van der Waals surface area contributed by atoms with Gasteiger partial charge in [-0.2, -0.15) is 0 Å². The summed E-state index contributed by atoms with van der Waals surface area (Å²) in [4.78, 5) is 16.8. The first-order chi connectivity index (χ1) is 11.7. The molecule has 3 nitrogen and oxygen atoms in total. The summed E-state index contributed by atoms with van der Waals surface area (Å²) in [6.45, 7) is 6.57. The van der Waals surface area contributed by atoms with Crippen molar-refractivity contribution in [2.75, 3.05) is 0 Å². The molecule has 0 saturated heterocycles. The summed E-state index contributed by atoms with van der Waals surface area (Å²) >= 11 is 0. The van der Waals surface area contributed by atoms with Gasteiger partial charge in [0, 0.05) is 10.9 Å². The smallest absolute Gasteiger partial charge is 0.195 e. The number of benzene rings is 1. The Kier molecular flexibility index (Phi) is 5.09. The van der Waals surface area contributed by atoms with Crippen LogP contribution in [0.5, 0.6) is 0 Å². The quantitative estimate of drug-likeness (QED) is 0.720. The zero-order valence-electron chi connectivity index (χ0n) is 15.2. The molecule has 3 rings (SSSR count). The summed E-state index contributed by atoms with van der Waals surface area (Å²) in [6, 6.07) is 7.84. The topological polar surface area (TPSA) is 42.1 Å². The number of aromatic amines is 1. The van der Waals surface area contributed by atoms with Crippen LogP contribution in [0.2, 0.25) is 0 Å². The van der Waals surface area contributed by atoms with E-state index < -0.39 is 0 Å². The number of pyridine rings is 1. The lowest BCUT2D eigenvalue weighted by molar-refractivity contribution is -0.0933. The second-order valence-corrected chi connectivity index (χ2v) is 7.03. The molecule has 1 atom stereocenters. The maximum absolute atomic E-state index is 13.2. The second kappa shape index (κ2) is 7.10. The van der Waals surface area contributed by atoms with E-state index >= 15 is 0 Å². The third kappa shape index (κ3) is 2.79. The third-order valence-electron chi connectivity index (χ3n) is 5.22. The monoisotopic (exact) mass is 327 g/mol. The largest absolute Gasteiger partial charge is 0.361 e. The number of H-pyrrole nitrogens is 1. The van der Waals surface area contributed by atoms with E-state index in [0.29, 0.717) is 0 Å². The first-order valence-corrected chi connectivity index (χ1v) is 9.50. The van der Waals surface area contributed by atoms with Crippen molar-refractivity contribution in [2.24, 2.45) is 0 Å². The molecule has 2 heterocycles. The van der Waals surface area contributed by atoms with Crippen LogP contribution in [0.1, 0.15) is 83.1 Å². The van der Waals surface area contributed by atoms with E-state index in [4.69, 9.17) is 4.74 Å². The minimum atomic E-state index is -0.319. The Bertz CT molecular complexity index is 756. The van der Waals surface area contributed by atoms with Crippen LogP contribution in [0, 0.1) is 0 Å². The maximum atomic E-state index is 13.2. The van der Waals surface area contributed by atoms with Crippen LogP contribution >= 0.6 is 0 Å². The predicted molar refractivity (Wildman–Crippen MR) is 99.4 cm³/mol. The highest BCUT2D eigenvalue weighted by molar-refractivity contribution is 5.79. The average molecular weight is 327 g/mol. The van der Waals surface area contributed by atoms with Crippen molar-refractivity contribution in [3.05, 3.63) is 45.7 Å². The van der Waals surface area contributed by atoms with Gasteiger partial charge in [0.1, 0.15) is 5.60 Å². The van der Waals surface area contributed by atoms with Crippen molar-refractivity contribution >= 4 is 10.9 Å². The molecule has 1 unspecified atom stereocenters. The molecular weight excluding hydrogens is 298 g/mol. The molecule has 1 aromatic heterocycles. The Morgan fingerprint density at radius 3 is 2.46 bits per heavy atom. The van der Waals surface area contributed by atoms with E-state index in [-0.39, 0.29) is 17.1 Å². The van der Waals surface area contributed by atoms with Crippen molar-refractivity contribution in [3.8, 4) is 0 Å². The summed E-state index contributed by atoms with van der Waals surface area (Å²) in [7, 11) is 0. The van der Waals surface area contributed by atoms with E-state index in [1.165, 1.54) is 0 Å². The Morgan fingerprint density at radius 2 is 1.79 bits per heavy atom. The van der Waals surface area contributed by atoms with Crippen molar-refractivity contribution in [2.45, 2.75) is 77.4 Å². The number of para-hydroxylation sites is 1. The molecule has 0 amide bonds. The highest BCUT2D eigenvalue weighted by Gasteiger charge is 2.45.